The number of aryl methyl sites for hydroxylation is 1. The first-order valence-corrected chi connectivity index (χ1v) is 11.6. The van der Waals surface area contributed by atoms with Crippen LogP contribution in [-0.4, -0.2) is 58.7 Å². The zero-order chi connectivity index (χ0) is 23.5. The van der Waals surface area contributed by atoms with Crippen LogP contribution in [0, 0.1) is 6.92 Å². The number of nitrogens with zero attached hydrogens (tertiary/aromatic N) is 3. The lowest BCUT2D eigenvalue weighted by molar-refractivity contribution is -0.130. The van der Waals surface area contributed by atoms with E-state index in [-0.39, 0.29) is 36.4 Å². The minimum atomic E-state index is -3.82. The summed E-state index contributed by atoms with van der Waals surface area (Å²) >= 11 is 0. The molecule has 0 aliphatic rings. The Morgan fingerprint density at radius 2 is 1.71 bits per heavy atom. The molecule has 0 saturated heterocycles. The van der Waals surface area contributed by atoms with Crippen LogP contribution in [-0.2, 0) is 28.5 Å². The van der Waals surface area contributed by atoms with Gasteiger partial charge in [-0.15, -0.1) is 0 Å². The first-order chi connectivity index (χ1) is 14.3. The Morgan fingerprint density at radius 3 is 2.29 bits per heavy atom. The molecule has 10 heteroatoms. The smallest absolute Gasteiger partial charge is 0.297 e. The van der Waals surface area contributed by atoms with Crippen molar-refractivity contribution in [3.8, 4) is 0 Å². The minimum Gasteiger partial charge on any atom is -0.379 e. The molecule has 0 fully saturated rings. The highest BCUT2D eigenvalue weighted by Gasteiger charge is 2.28. The predicted octanol–water partition coefficient (Wildman–Crippen LogP) is 4.40. The van der Waals surface area contributed by atoms with Gasteiger partial charge in [-0.05, 0) is 59.2 Å². The van der Waals surface area contributed by atoms with Crippen LogP contribution in [0.5, 0.6) is 0 Å². The molecule has 31 heavy (non-hydrogen) atoms. The van der Waals surface area contributed by atoms with Crippen molar-refractivity contribution in [3.63, 3.8) is 0 Å². The Hall–Kier alpha value is -1.68. The molecule has 176 valence electrons. The van der Waals surface area contributed by atoms with Gasteiger partial charge >= 0.3 is 0 Å². The quantitative estimate of drug-likeness (QED) is 0.134. The molecule has 1 aromatic rings. The van der Waals surface area contributed by atoms with Crippen LogP contribution in [0.2, 0.25) is 0 Å². The average molecular weight is 458 g/mol. The van der Waals surface area contributed by atoms with E-state index in [0.29, 0.717) is 19.6 Å². The van der Waals surface area contributed by atoms with E-state index in [4.69, 9.17) is 23.9 Å². The lowest BCUT2D eigenvalue weighted by Gasteiger charge is -2.33. The molecule has 0 heterocycles. The third-order valence-corrected chi connectivity index (χ3v) is 5.39. The molecule has 0 spiro atoms. The highest BCUT2D eigenvalue weighted by Crippen LogP contribution is 2.23. The zero-order valence-electron chi connectivity index (χ0n) is 19.3. The molecule has 0 saturated carbocycles. The highest BCUT2D eigenvalue weighted by atomic mass is 32.2. The third kappa shape index (κ3) is 12.1. The van der Waals surface area contributed by atoms with Crippen molar-refractivity contribution in [3.05, 3.63) is 40.3 Å². The van der Waals surface area contributed by atoms with Gasteiger partial charge in [0.25, 0.3) is 10.1 Å². The van der Waals surface area contributed by atoms with Crippen LogP contribution in [0.3, 0.4) is 0 Å². The summed E-state index contributed by atoms with van der Waals surface area (Å²) in [5.41, 5.74) is 8.32. The summed E-state index contributed by atoms with van der Waals surface area (Å²) in [5.74, 6) is 0. The third-order valence-electron chi connectivity index (χ3n) is 4.07. The lowest BCUT2D eigenvalue weighted by atomic mass is 10.00. The first-order valence-electron chi connectivity index (χ1n) is 10.2. The predicted molar refractivity (Wildman–Crippen MR) is 118 cm³/mol. The van der Waals surface area contributed by atoms with Crippen molar-refractivity contribution in [2.24, 2.45) is 5.11 Å². The van der Waals surface area contributed by atoms with E-state index in [1.807, 2.05) is 41.5 Å². The summed E-state index contributed by atoms with van der Waals surface area (Å²) in [6, 6.07) is 6.48. The SMILES string of the molecule is Cc1ccc(S(=O)(=O)OCCOC(C)(C)CC(COCCN=[N+]=[N-])OC(C)(C)C)cc1. The van der Waals surface area contributed by atoms with Gasteiger partial charge in [-0.3, -0.25) is 4.18 Å². The maximum atomic E-state index is 12.3. The van der Waals surface area contributed by atoms with Crippen molar-refractivity contribution >= 4 is 10.1 Å². The number of ether oxygens (including phenoxy) is 3. The van der Waals surface area contributed by atoms with Gasteiger partial charge in [-0.25, -0.2) is 0 Å². The Bertz CT molecular complexity index is 813. The van der Waals surface area contributed by atoms with Gasteiger partial charge < -0.3 is 14.2 Å². The fourth-order valence-corrected chi connectivity index (χ4v) is 3.73. The lowest BCUT2D eigenvalue weighted by Crippen LogP contribution is -2.38. The monoisotopic (exact) mass is 457 g/mol. The van der Waals surface area contributed by atoms with Crippen molar-refractivity contribution in [1.29, 1.82) is 0 Å². The van der Waals surface area contributed by atoms with E-state index in [0.717, 1.165) is 5.56 Å². The molecule has 0 bridgehead atoms. The van der Waals surface area contributed by atoms with E-state index >= 15 is 0 Å². The topological polar surface area (TPSA) is 120 Å². The summed E-state index contributed by atoms with van der Waals surface area (Å²) < 4.78 is 47.1. The number of benzene rings is 1. The van der Waals surface area contributed by atoms with E-state index < -0.39 is 15.7 Å². The molecule has 0 radical (unpaired) electrons. The van der Waals surface area contributed by atoms with Gasteiger partial charge in [0.15, 0.2) is 0 Å². The summed E-state index contributed by atoms with van der Waals surface area (Å²) in [7, 11) is -3.82. The molecule has 1 atom stereocenters. The molecule has 0 amide bonds. The molecule has 0 aliphatic heterocycles. The van der Waals surface area contributed by atoms with E-state index in [9.17, 15) is 8.42 Å². The number of hydrogen-bond acceptors (Lipinski definition) is 7. The van der Waals surface area contributed by atoms with Crippen molar-refractivity contribution in [2.75, 3.05) is 33.0 Å². The maximum Gasteiger partial charge on any atom is 0.297 e. The first kappa shape index (κ1) is 27.4. The van der Waals surface area contributed by atoms with E-state index in [2.05, 4.69) is 10.0 Å². The fourth-order valence-electron chi connectivity index (χ4n) is 2.84. The fraction of sp³-hybridized carbons (Fsp3) is 0.714. The molecule has 1 unspecified atom stereocenters. The molecule has 0 aromatic heterocycles. The number of rotatable bonds is 14. The summed E-state index contributed by atoms with van der Waals surface area (Å²) in [6.07, 6.45) is 0.273. The van der Waals surface area contributed by atoms with Crippen molar-refractivity contribution in [2.45, 2.75) is 70.2 Å². The van der Waals surface area contributed by atoms with Crippen molar-refractivity contribution in [1.82, 2.24) is 0 Å². The Labute approximate surface area is 185 Å². The second-order valence-corrected chi connectivity index (χ2v) is 10.4. The molecule has 1 aromatic carbocycles. The van der Waals surface area contributed by atoms with Gasteiger partial charge in [0.1, 0.15) is 0 Å². The van der Waals surface area contributed by atoms with Gasteiger partial charge in [-0.2, -0.15) is 8.42 Å². The van der Waals surface area contributed by atoms with E-state index in [1.54, 1.807) is 12.1 Å². The maximum absolute atomic E-state index is 12.3. The molecular weight excluding hydrogens is 422 g/mol. The van der Waals surface area contributed by atoms with E-state index in [1.165, 1.54) is 12.1 Å². The van der Waals surface area contributed by atoms with Crippen molar-refractivity contribution < 1.29 is 26.8 Å². The van der Waals surface area contributed by atoms with Crippen LogP contribution in [0.15, 0.2) is 34.3 Å². The Kier molecular flexibility index (Phi) is 10.9. The van der Waals surface area contributed by atoms with Crippen LogP contribution in [0.25, 0.3) is 10.4 Å². The average Bonchev–Trinajstić information content (AvgIpc) is 2.64. The van der Waals surface area contributed by atoms with Crippen LogP contribution >= 0.6 is 0 Å². The largest absolute Gasteiger partial charge is 0.379 e. The highest BCUT2D eigenvalue weighted by molar-refractivity contribution is 7.86. The van der Waals surface area contributed by atoms with Crippen LogP contribution in [0.4, 0.5) is 0 Å². The summed E-state index contributed by atoms with van der Waals surface area (Å²) in [6.45, 7) is 12.5. The standard InChI is InChI=1S/C21H35N3O6S/c1-17-7-9-19(10-8-17)31(25,26)29-14-13-28-21(5,6)15-18(30-20(2,3)4)16-27-12-11-23-24-22/h7-10,18H,11-16H2,1-6H3. The van der Waals surface area contributed by atoms with Gasteiger partial charge in [0.05, 0.1) is 48.6 Å². The molecule has 0 N–H and O–H groups in total. The van der Waals surface area contributed by atoms with Gasteiger partial charge in [0.2, 0.25) is 0 Å². The number of azide groups is 1. The van der Waals surface area contributed by atoms with Gasteiger partial charge in [0, 0.05) is 17.9 Å². The Morgan fingerprint density at radius 1 is 1.06 bits per heavy atom. The number of hydrogen-bond donors (Lipinski definition) is 0. The molecule has 0 aliphatic carbocycles. The normalized spacial score (nSPS) is 13.6. The summed E-state index contributed by atoms with van der Waals surface area (Å²) in [5, 5.41) is 3.44. The van der Waals surface area contributed by atoms with Gasteiger partial charge in [-0.1, -0.05) is 22.8 Å². The van der Waals surface area contributed by atoms with Crippen LogP contribution < -0.4 is 0 Å². The molecular formula is C21H35N3O6S. The molecule has 9 nitrogen and oxygen atoms in total. The Balaban J connectivity index is 2.54. The summed E-state index contributed by atoms with van der Waals surface area (Å²) in [4.78, 5) is 2.81. The minimum absolute atomic E-state index is 0.0902. The second kappa shape index (κ2) is 12.4. The molecule has 1 rings (SSSR count). The second-order valence-electron chi connectivity index (χ2n) is 8.78. The van der Waals surface area contributed by atoms with Crippen LogP contribution in [0.1, 0.15) is 46.6 Å². The zero-order valence-corrected chi connectivity index (χ0v) is 20.1.